The summed E-state index contributed by atoms with van der Waals surface area (Å²) in [5.74, 6) is -0.0532. The number of anilines is 1. The summed E-state index contributed by atoms with van der Waals surface area (Å²) < 4.78 is 48.3. The second kappa shape index (κ2) is 6.87. The van der Waals surface area contributed by atoms with Crippen molar-refractivity contribution in [3.63, 3.8) is 0 Å². The first-order valence-electron chi connectivity index (χ1n) is 7.37. The second-order valence-corrected chi connectivity index (χ2v) is 5.14. The molecule has 0 atom stereocenters. The predicted octanol–water partition coefficient (Wildman–Crippen LogP) is 1.91. The fraction of sp³-hybridized carbons (Fsp3) is 0.357. The maximum Gasteiger partial charge on any atom is 0.453 e. The molecule has 0 saturated carbocycles. The number of halogens is 3. The minimum absolute atomic E-state index is 0.0134. The van der Waals surface area contributed by atoms with Gasteiger partial charge in [0.05, 0.1) is 13.2 Å². The molecule has 0 amide bonds. The Hall–Kier alpha value is -2.98. The van der Waals surface area contributed by atoms with Gasteiger partial charge in [0.1, 0.15) is 12.4 Å². The lowest BCUT2D eigenvalue weighted by molar-refractivity contribution is -0.144. The number of H-pyrrole nitrogens is 1. The van der Waals surface area contributed by atoms with Crippen LogP contribution >= 0.6 is 0 Å². The number of aliphatic imine (C=N–C) groups is 1. The summed E-state index contributed by atoms with van der Waals surface area (Å²) in [4.78, 5) is 7.24. The van der Waals surface area contributed by atoms with Crippen LogP contribution in [0.2, 0.25) is 0 Å². The van der Waals surface area contributed by atoms with E-state index in [9.17, 15) is 13.2 Å². The van der Waals surface area contributed by atoms with E-state index in [4.69, 9.17) is 15.2 Å². The van der Waals surface area contributed by atoms with Gasteiger partial charge in [-0.15, -0.1) is 5.10 Å². The van der Waals surface area contributed by atoms with Crippen molar-refractivity contribution in [1.29, 1.82) is 0 Å². The number of hydrogen-bond donors (Lipinski definition) is 3. The van der Waals surface area contributed by atoms with E-state index in [1.807, 2.05) is 0 Å². The van der Waals surface area contributed by atoms with Gasteiger partial charge in [-0.3, -0.25) is 5.10 Å². The molecule has 0 bridgehead atoms. The first-order chi connectivity index (χ1) is 11.9. The van der Waals surface area contributed by atoms with E-state index in [-0.39, 0.29) is 18.3 Å². The lowest BCUT2D eigenvalue weighted by Crippen LogP contribution is -2.22. The third-order valence-electron chi connectivity index (χ3n) is 3.20. The Bertz CT molecular complexity index is 774. The molecule has 0 spiro atoms. The van der Waals surface area contributed by atoms with Gasteiger partial charge in [0, 0.05) is 18.2 Å². The molecule has 3 rings (SSSR count). The zero-order valence-corrected chi connectivity index (χ0v) is 12.9. The largest absolute Gasteiger partial charge is 0.490 e. The minimum atomic E-state index is -4.60. The van der Waals surface area contributed by atoms with Crippen molar-refractivity contribution < 1.29 is 22.6 Å². The first-order valence-corrected chi connectivity index (χ1v) is 7.37. The van der Waals surface area contributed by atoms with Crippen LogP contribution < -0.4 is 20.5 Å². The molecule has 134 valence electrons. The molecule has 0 saturated heterocycles. The van der Waals surface area contributed by atoms with Gasteiger partial charge in [0.15, 0.2) is 17.5 Å². The Labute approximate surface area is 140 Å². The maximum absolute atomic E-state index is 12.4. The van der Waals surface area contributed by atoms with Crippen molar-refractivity contribution in [2.75, 3.05) is 18.5 Å². The zero-order valence-electron chi connectivity index (χ0n) is 12.9. The molecule has 0 fully saturated rings. The summed E-state index contributed by atoms with van der Waals surface area (Å²) in [6.07, 6.45) is -3.82. The van der Waals surface area contributed by atoms with Crippen LogP contribution in [0.25, 0.3) is 0 Å². The number of nitrogens with one attached hydrogen (secondary N) is 2. The fourth-order valence-corrected chi connectivity index (χ4v) is 2.08. The first kappa shape index (κ1) is 16.9. The Morgan fingerprint density at radius 2 is 2.04 bits per heavy atom. The number of aromatic amines is 1. The molecule has 1 aliphatic rings. The molecule has 4 N–H and O–H groups in total. The highest BCUT2D eigenvalue weighted by molar-refractivity contribution is 5.92. The number of aromatic nitrogens is 3. The number of alkyl halides is 3. The summed E-state index contributed by atoms with van der Waals surface area (Å²) in [5.41, 5.74) is 6.35. The number of ether oxygens (including phenoxy) is 2. The summed E-state index contributed by atoms with van der Waals surface area (Å²) in [7, 11) is 0. The highest BCUT2D eigenvalue weighted by atomic mass is 19.4. The van der Waals surface area contributed by atoms with Crippen molar-refractivity contribution in [2.24, 2.45) is 10.7 Å². The molecule has 25 heavy (non-hydrogen) atoms. The van der Waals surface area contributed by atoms with Crippen molar-refractivity contribution in [3.8, 4) is 11.5 Å². The van der Waals surface area contributed by atoms with Gasteiger partial charge in [0.2, 0.25) is 0 Å². The van der Waals surface area contributed by atoms with E-state index in [0.29, 0.717) is 30.4 Å². The number of nitrogens with two attached hydrogens (primary N) is 1. The van der Waals surface area contributed by atoms with Crippen LogP contribution in [0, 0.1) is 0 Å². The summed E-state index contributed by atoms with van der Waals surface area (Å²) in [6.45, 7) is 0.958. The minimum Gasteiger partial charge on any atom is -0.490 e. The van der Waals surface area contributed by atoms with Gasteiger partial charge in [-0.1, -0.05) is 0 Å². The zero-order chi connectivity index (χ0) is 17.9. The van der Waals surface area contributed by atoms with Gasteiger partial charge < -0.3 is 20.5 Å². The molecule has 2 heterocycles. The van der Waals surface area contributed by atoms with Crippen LogP contribution in [0.5, 0.6) is 11.5 Å². The standard InChI is InChI=1S/C14H15F3N6O2/c15-14(16,17)12-21-11(22-23-12)7-19-13(18)20-8-2-3-9-10(6-8)25-5-1-4-24-9/h2-3,6H,1,4-5,7H2,(H3,18,19,20)(H,21,22,23). The smallest absolute Gasteiger partial charge is 0.453 e. The Morgan fingerprint density at radius 3 is 2.76 bits per heavy atom. The molecule has 1 aromatic carbocycles. The number of fused-ring (bicyclic) bond motifs is 1. The molecule has 2 aromatic rings. The van der Waals surface area contributed by atoms with Crippen LogP contribution in [-0.2, 0) is 12.7 Å². The summed E-state index contributed by atoms with van der Waals surface area (Å²) in [5, 5.41) is 8.08. The number of hydrogen-bond acceptors (Lipinski definition) is 5. The van der Waals surface area contributed by atoms with Crippen LogP contribution in [0.1, 0.15) is 18.1 Å². The molecular weight excluding hydrogens is 341 g/mol. The fourth-order valence-electron chi connectivity index (χ4n) is 2.08. The van der Waals surface area contributed by atoms with Crippen LogP contribution in [0.15, 0.2) is 23.2 Å². The number of benzene rings is 1. The maximum atomic E-state index is 12.4. The predicted molar refractivity (Wildman–Crippen MR) is 82.4 cm³/mol. The van der Waals surface area contributed by atoms with E-state index < -0.39 is 12.0 Å². The SMILES string of the molecule is NC(=NCc1nc(C(F)(F)F)n[nH]1)Nc1ccc2c(c1)OCCCO2. The average Bonchev–Trinajstić information content (AvgIpc) is 2.92. The number of nitrogens with zero attached hydrogens (tertiary/aromatic N) is 3. The van der Waals surface area contributed by atoms with Crippen molar-refractivity contribution >= 4 is 11.6 Å². The molecule has 1 aliphatic heterocycles. The highest BCUT2D eigenvalue weighted by Gasteiger charge is 2.35. The third kappa shape index (κ3) is 4.31. The number of guanidine groups is 1. The van der Waals surface area contributed by atoms with Crippen LogP contribution in [0.4, 0.5) is 18.9 Å². The summed E-state index contributed by atoms with van der Waals surface area (Å²) >= 11 is 0. The van der Waals surface area contributed by atoms with Crippen molar-refractivity contribution in [3.05, 3.63) is 29.8 Å². The lowest BCUT2D eigenvalue weighted by Gasteiger charge is -2.10. The molecule has 8 nitrogen and oxygen atoms in total. The molecule has 0 radical (unpaired) electrons. The molecule has 11 heteroatoms. The molecule has 0 aliphatic carbocycles. The van der Waals surface area contributed by atoms with Gasteiger partial charge >= 0.3 is 6.18 Å². The molecular formula is C14H15F3N6O2. The Morgan fingerprint density at radius 1 is 1.28 bits per heavy atom. The van der Waals surface area contributed by atoms with E-state index in [2.05, 4.69) is 25.5 Å². The van der Waals surface area contributed by atoms with Crippen LogP contribution in [-0.4, -0.2) is 34.4 Å². The Balaban J connectivity index is 1.63. The van der Waals surface area contributed by atoms with Crippen molar-refractivity contribution in [1.82, 2.24) is 15.2 Å². The van der Waals surface area contributed by atoms with Gasteiger partial charge in [-0.05, 0) is 12.1 Å². The molecule has 0 unspecified atom stereocenters. The van der Waals surface area contributed by atoms with E-state index in [1.165, 1.54) is 0 Å². The van der Waals surface area contributed by atoms with E-state index in [1.54, 1.807) is 18.2 Å². The van der Waals surface area contributed by atoms with Crippen LogP contribution in [0.3, 0.4) is 0 Å². The molecule has 1 aromatic heterocycles. The second-order valence-electron chi connectivity index (χ2n) is 5.14. The number of rotatable bonds is 3. The van der Waals surface area contributed by atoms with Gasteiger partial charge in [-0.2, -0.15) is 13.2 Å². The third-order valence-corrected chi connectivity index (χ3v) is 3.20. The highest BCUT2D eigenvalue weighted by Crippen LogP contribution is 2.32. The van der Waals surface area contributed by atoms with E-state index in [0.717, 1.165) is 6.42 Å². The monoisotopic (exact) mass is 356 g/mol. The van der Waals surface area contributed by atoms with Gasteiger partial charge in [-0.25, -0.2) is 9.98 Å². The van der Waals surface area contributed by atoms with Crippen molar-refractivity contribution in [2.45, 2.75) is 19.1 Å². The summed E-state index contributed by atoms with van der Waals surface area (Å²) in [6, 6.07) is 5.17. The van der Waals surface area contributed by atoms with E-state index >= 15 is 0 Å². The van der Waals surface area contributed by atoms with Gasteiger partial charge in [0.25, 0.3) is 5.82 Å². The quantitative estimate of drug-likeness (QED) is 0.572. The topological polar surface area (TPSA) is 110 Å². The average molecular weight is 356 g/mol. The lowest BCUT2D eigenvalue weighted by atomic mass is 10.3. The normalized spacial score (nSPS) is 14.9. The Kier molecular flexibility index (Phi) is 4.63.